The van der Waals surface area contributed by atoms with Crippen LogP contribution in [0.4, 0.5) is 0 Å². The molecule has 1 aromatic heterocycles. The second-order valence-electron chi connectivity index (χ2n) is 4.42. The molecule has 2 rings (SSSR count). The molecule has 0 aromatic carbocycles. The Bertz CT molecular complexity index is 321. The van der Waals surface area contributed by atoms with Crippen LogP contribution >= 0.6 is 11.3 Å². The zero-order chi connectivity index (χ0) is 11.4. The van der Waals surface area contributed by atoms with Gasteiger partial charge in [-0.1, -0.05) is 0 Å². The Labute approximate surface area is 101 Å². The Balaban J connectivity index is 1.84. The molecular weight excluding hydrogens is 220 g/mol. The smallest absolute Gasteiger partial charge is 0.0897 e. The SMILES string of the molecule is CNC(Cc1csc(C)n1)CC1CCCO1. The number of nitrogens with one attached hydrogen (secondary N) is 1. The summed E-state index contributed by atoms with van der Waals surface area (Å²) < 4.78 is 5.67. The zero-order valence-corrected chi connectivity index (χ0v) is 10.8. The van der Waals surface area contributed by atoms with E-state index in [1.54, 1.807) is 11.3 Å². The number of rotatable bonds is 5. The van der Waals surface area contributed by atoms with Gasteiger partial charge in [-0.15, -0.1) is 11.3 Å². The van der Waals surface area contributed by atoms with Gasteiger partial charge in [0.15, 0.2) is 0 Å². The number of thiazole rings is 1. The molecule has 0 aliphatic carbocycles. The largest absolute Gasteiger partial charge is 0.378 e. The molecule has 0 radical (unpaired) electrons. The maximum absolute atomic E-state index is 5.67. The minimum absolute atomic E-state index is 0.456. The van der Waals surface area contributed by atoms with Gasteiger partial charge < -0.3 is 10.1 Å². The third kappa shape index (κ3) is 3.27. The van der Waals surface area contributed by atoms with Crippen LogP contribution in [0.3, 0.4) is 0 Å². The summed E-state index contributed by atoms with van der Waals surface area (Å²) in [4.78, 5) is 4.51. The lowest BCUT2D eigenvalue weighted by Gasteiger charge is -2.18. The van der Waals surface area contributed by atoms with Gasteiger partial charge in [-0.25, -0.2) is 4.98 Å². The van der Waals surface area contributed by atoms with E-state index in [2.05, 4.69) is 22.6 Å². The van der Waals surface area contributed by atoms with Gasteiger partial charge in [0.2, 0.25) is 0 Å². The van der Waals surface area contributed by atoms with Gasteiger partial charge in [0, 0.05) is 24.4 Å². The van der Waals surface area contributed by atoms with Crippen molar-refractivity contribution in [2.24, 2.45) is 0 Å². The molecule has 16 heavy (non-hydrogen) atoms. The third-order valence-corrected chi connectivity index (χ3v) is 3.92. The highest BCUT2D eigenvalue weighted by molar-refractivity contribution is 7.09. The Morgan fingerprint density at radius 3 is 3.12 bits per heavy atom. The zero-order valence-electron chi connectivity index (χ0n) is 10.0. The molecule has 0 bridgehead atoms. The van der Waals surface area contributed by atoms with E-state index < -0.39 is 0 Å². The van der Waals surface area contributed by atoms with E-state index in [4.69, 9.17) is 4.74 Å². The molecule has 1 aliphatic heterocycles. The molecular formula is C12H20N2OS. The van der Waals surface area contributed by atoms with E-state index in [-0.39, 0.29) is 0 Å². The van der Waals surface area contributed by atoms with Crippen LogP contribution in [0.1, 0.15) is 30.0 Å². The fraction of sp³-hybridized carbons (Fsp3) is 0.750. The van der Waals surface area contributed by atoms with Crippen molar-refractivity contribution in [1.82, 2.24) is 10.3 Å². The second-order valence-corrected chi connectivity index (χ2v) is 5.48. The average Bonchev–Trinajstić information content (AvgIpc) is 2.89. The predicted octanol–water partition coefficient (Wildman–Crippen LogP) is 2.15. The van der Waals surface area contributed by atoms with E-state index in [0.717, 1.165) is 24.5 Å². The lowest BCUT2D eigenvalue weighted by atomic mass is 10.0. The number of hydrogen-bond donors (Lipinski definition) is 1. The van der Waals surface area contributed by atoms with E-state index in [9.17, 15) is 0 Å². The second kappa shape index (κ2) is 5.75. The van der Waals surface area contributed by atoms with Crippen LogP contribution < -0.4 is 5.32 Å². The van der Waals surface area contributed by atoms with E-state index in [1.807, 2.05) is 7.05 Å². The highest BCUT2D eigenvalue weighted by atomic mass is 32.1. The van der Waals surface area contributed by atoms with Gasteiger partial charge in [-0.3, -0.25) is 0 Å². The van der Waals surface area contributed by atoms with Gasteiger partial charge >= 0.3 is 0 Å². The molecule has 3 nitrogen and oxygen atoms in total. The maximum Gasteiger partial charge on any atom is 0.0897 e. The van der Waals surface area contributed by atoms with Crippen molar-refractivity contribution in [3.05, 3.63) is 16.1 Å². The number of nitrogens with zero attached hydrogens (tertiary/aromatic N) is 1. The highest BCUT2D eigenvalue weighted by Crippen LogP contribution is 2.19. The van der Waals surface area contributed by atoms with Crippen LogP contribution in [0.25, 0.3) is 0 Å². The molecule has 1 aliphatic rings. The topological polar surface area (TPSA) is 34.2 Å². The van der Waals surface area contributed by atoms with Crippen LogP contribution in [0.5, 0.6) is 0 Å². The fourth-order valence-corrected chi connectivity index (χ4v) is 2.83. The molecule has 0 saturated carbocycles. The highest BCUT2D eigenvalue weighted by Gasteiger charge is 2.20. The first kappa shape index (κ1) is 12.0. The summed E-state index contributed by atoms with van der Waals surface area (Å²) in [6.45, 7) is 3.00. The summed E-state index contributed by atoms with van der Waals surface area (Å²) in [6.07, 6.45) is 5.01. The summed E-state index contributed by atoms with van der Waals surface area (Å²) in [6, 6.07) is 0.490. The van der Waals surface area contributed by atoms with Crippen molar-refractivity contribution < 1.29 is 4.74 Å². The van der Waals surface area contributed by atoms with Gasteiger partial charge in [0.25, 0.3) is 0 Å². The van der Waals surface area contributed by atoms with Gasteiger partial charge in [0.1, 0.15) is 0 Å². The molecule has 2 atom stereocenters. The molecule has 4 heteroatoms. The summed E-state index contributed by atoms with van der Waals surface area (Å²) >= 11 is 1.73. The van der Waals surface area contributed by atoms with Crippen molar-refractivity contribution in [3.8, 4) is 0 Å². The average molecular weight is 240 g/mol. The summed E-state index contributed by atoms with van der Waals surface area (Å²) in [7, 11) is 2.03. The first-order valence-corrected chi connectivity index (χ1v) is 6.85. The van der Waals surface area contributed by atoms with Crippen LogP contribution in [0.2, 0.25) is 0 Å². The molecule has 1 fully saturated rings. The fourth-order valence-electron chi connectivity index (χ4n) is 2.21. The number of aryl methyl sites for hydroxylation is 1. The number of ether oxygens (including phenoxy) is 1. The summed E-state index contributed by atoms with van der Waals surface area (Å²) in [5.41, 5.74) is 1.21. The molecule has 1 saturated heterocycles. The number of hydrogen-bond acceptors (Lipinski definition) is 4. The lowest BCUT2D eigenvalue weighted by Crippen LogP contribution is -2.31. The Morgan fingerprint density at radius 1 is 1.69 bits per heavy atom. The van der Waals surface area contributed by atoms with Crippen LogP contribution in [0, 0.1) is 6.92 Å². The molecule has 2 heterocycles. The van der Waals surface area contributed by atoms with E-state index in [1.165, 1.54) is 18.5 Å². The van der Waals surface area contributed by atoms with Crippen molar-refractivity contribution in [1.29, 1.82) is 0 Å². The predicted molar refractivity (Wildman–Crippen MR) is 67.0 cm³/mol. The first-order valence-electron chi connectivity index (χ1n) is 5.98. The Morgan fingerprint density at radius 2 is 2.56 bits per heavy atom. The summed E-state index contributed by atoms with van der Waals surface area (Å²) in [5.74, 6) is 0. The summed E-state index contributed by atoms with van der Waals surface area (Å²) in [5, 5.41) is 6.69. The van der Waals surface area contributed by atoms with Gasteiger partial charge in [0.05, 0.1) is 16.8 Å². The van der Waals surface area contributed by atoms with Crippen molar-refractivity contribution in [2.75, 3.05) is 13.7 Å². The molecule has 90 valence electrons. The van der Waals surface area contributed by atoms with Crippen molar-refractivity contribution >= 4 is 11.3 Å². The normalized spacial score (nSPS) is 22.5. The minimum atomic E-state index is 0.456. The molecule has 2 unspecified atom stereocenters. The maximum atomic E-state index is 5.67. The molecule has 1 N–H and O–H groups in total. The molecule has 1 aromatic rings. The van der Waals surface area contributed by atoms with Crippen LogP contribution in [-0.4, -0.2) is 30.8 Å². The number of likely N-dealkylation sites (N-methyl/N-ethyl adjacent to an activating group) is 1. The Kier molecular flexibility index (Phi) is 4.32. The number of aromatic nitrogens is 1. The van der Waals surface area contributed by atoms with E-state index >= 15 is 0 Å². The quantitative estimate of drug-likeness (QED) is 0.856. The van der Waals surface area contributed by atoms with E-state index in [0.29, 0.717) is 12.1 Å². The van der Waals surface area contributed by atoms with Gasteiger partial charge in [-0.05, 0) is 33.2 Å². The van der Waals surface area contributed by atoms with Crippen molar-refractivity contribution in [2.45, 2.75) is 44.8 Å². The van der Waals surface area contributed by atoms with Gasteiger partial charge in [-0.2, -0.15) is 0 Å². The minimum Gasteiger partial charge on any atom is -0.378 e. The van der Waals surface area contributed by atoms with Crippen LogP contribution in [-0.2, 0) is 11.2 Å². The van der Waals surface area contributed by atoms with Crippen molar-refractivity contribution in [3.63, 3.8) is 0 Å². The third-order valence-electron chi connectivity index (χ3n) is 3.10. The molecule has 0 amide bonds. The van der Waals surface area contributed by atoms with Crippen LogP contribution in [0.15, 0.2) is 5.38 Å². The monoisotopic (exact) mass is 240 g/mol. The standard InChI is InChI=1S/C12H20N2OS/c1-9-14-11(8-16-9)6-10(13-2)7-12-4-3-5-15-12/h8,10,12-13H,3-7H2,1-2H3. The molecule has 0 spiro atoms. The lowest BCUT2D eigenvalue weighted by molar-refractivity contribution is 0.0953. The Hall–Kier alpha value is -0.450. The first-order chi connectivity index (χ1) is 7.78.